The Kier molecular flexibility index (Phi) is 2.87. The Morgan fingerprint density at radius 3 is 2.50 bits per heavy atom. The molecule has 0 saturated heterocycles. The van der Waals surface area contributed by atoms with Crippen LogP contribution in [0.5, 0.6) is 0 Å². The molecule has 2 rings (SSSR count). The molecule has 0 spiro atoms. The average molecular weight is 235 g/mol. The van der Waals surface area contributed by atoms with Crippen LogP contribution in [0.4, 0.5) is 0 Å². The van der Waals surface area contributed by atoms with Crippen molar-refractivity contribution in [3.8, 4) is 0 Å². The Morgan fingerprint density at radius 1 is 1.25 bits per heavy atom. The van der Waals surface area contributed by atoms with Crippen molar-refractivity contribution in [2.75, 3.05) is 0 Å². The lowest BCUT2D eigenvalue weighted by Gasteiger charge is -2.02. The third kappa shape index (κ3) is 2.38. The smallest absolute Gasteiger partial charge is 0.345 e. The monoisotopic (exact) mass is 235 g/mol. The molecule has 0 radical (unpaired) electrons. The fourth-order valence-electron chi connectivity index (χ4n) is 1.31. The van der Waals surface area contributed by atoms with Gasteiger partial charge in [0.25, 0.3) is 0 Å². The van der Waals surface area contributed by atoms with Gasteiger partial charge in [-0.3, -0.25) is 4.79 Å². The maximum absolute atomic E-state index is 10.9. The van der Waals surface area contributed by atoms with Crippen molar-refractivity contribution in [2.24, 2.45) is 0 Å². The molecule has 0 aliphatic rings. The number of carboxylic acid groups (broad SMARTS) is 1. The van der Waals surface area contributed by atoms with E-state index in [2.05, 4.69) is 0 Å². The Morgan fingerprint density at radius 2 is 1.94 bits per heavy atom. The third-order valence-electron chi connectivity index (χ3n) is 2.07. The van der Waals surface area contributed by atoms with Gasteiger partial charge in [0.2, 0.25) is 0 Å². The van der Waals surface area contributed by atoms with Gasteiger partial charge in [-0.25, -0.2) is 4.79 Å². The number of carbonyl (C=O) groups is 1. The van der Waals surface area contributed by atoms with Crippen LogP contribution in [0, 0.1) is 0 Å². The van der Waals surface area contributed by atoms with Gasteiger partial charge >= 0.3 is 5.97 Å². The first-order valence-electron chi connectivity index (χ1n) is 4.63. The van der Waals surface area contributed by atoms with Gasteiger partial charge < -0.3 is 9.67 Å². The van der Waals surface area contributed by atoms with Gasteiger partial charge in [0.05, 0.1) is 6.54 Å². The average Bonchev–Trinajstić information content (AvgIpc) is 2.70. The van der Waals surface area contributed by atoms with Crippen LogP contribution < -0.4 is 5.43 Å². The van der Waals surface area contributed by atoms with E-state index in [4.69, 9.17) is 5.11 Å². The molecule has 0 fully saturated rings. The van der Waals surface area contributed by atoms with Gasteiger partial charge in [-0.05, 0) is 12.1 Å². The number of aromatic carboxylic acids is 1. The maximum Gasteiger partial charge on any atom is 0.345 e. The molecule has 0 saturated carbocycles. The van der Waals surface area contributed by atoms with Gasteiger partial charge in [0.15, 0.2) is 5.43 Å². The highest BCUT2D eigenvalue weighted by atomic mass is 32.1. The van der Waals surface area contributed by atoms with Crippen molar-refractivity contribution in [1.82, 2.24) is 4.57 Å². The summed E-state index contributed by atoms with van der Waals surface area (Å²) in [5, 5.41) is 8.76. The predicted octanol–water partition coefficient (Wildman–Crippen LogP) is 1.66. The summed E-state index contributed by atoms with van der Waals surface area (Å²) in [6, 6.07) is 6.33. The number of nitrogens with zero attached hydrogens (tertiary/aromatic N) is 1. The van der Waals surface area contributed by atoms with Gasteiger partial charge in [-0.15, -0.1) is 11.3 Å². The minimum absolute atomic E-state index is 0.0337. The Balaban J connectivity index is 2.17. The summed E-state index contributed by atoms with van der Waals surface area (Å²) in [5.74, 6) is -0.906. The number of pyridine rings is 1. The van der Waals surface area contributed by atoms with Crippen molar-refractivity contribution in [2.45, 2.75) is 6.54 Å². The van der Waals surface area contributed by atoms with Crippen LogP contribution in [0.15, 0.2) is 41.5 Å². The largest absolute Gasteiger partial charge is 0.477 e. The number of hydrogen-bond donors (Lipinski definition) is 1. The summed E-state index contributed by atoms with van der Waals surface area (Å²) in [5.41, 5.74) is -0.0337. The van der Waals surface area contributed by atoms with E-state index in [1.54, 1.807) is 24.5 Å². The minimum atomic E-state index is -0.906. The van der Waals surface area contributed by atoms with Gasteiger partial charge in [-0.1, -0.05) is 0 Å². The number of hydrogen-bond acceptors (Lipinski definition) is 3. The third-order valence-corrected chi connectivity index (χ3v) is 3.13. The molecule has 4 nitrogen and oxygen atoms in total. The first-order chi connectivity index (χ1) is 7.65. The summed E-state index contributed by atoms with van der Waals surface area (Å²) in [4.78, 5) is 22.8. The van der Waals surface area contributed by atoms with E-state index in [1.165, 1.54) is 23.5 Å². The number of rotatable bonds is 3. The van der Waals surface area contributed by atoms with Crippen molar-refractivity contribution in [1.29, 1.82) is 0 Å². The molecule has 0 aliphatic carbocycles. The van der Waals surface area contributed by atoms with Crippen LogP contribution >= 0.6 is 11.3 Å². The molecule has 0 atom stereocenters. The molecule has 16 heavy (non-hydrogen) atoms. The van der Waals surface area contributed by atoms with Crippen LogP contribution in [0.25, 0.3) is 0 Å². The molecule has 2 aromatic rings. The van der Waals surface area contributed by atoms with Crippen molar-refractivity contribution < 1.29 is 9.90 Å². The van der Waals surface area contributed by atoms with Gasteiger partial charge in [0, 0.05) is 29.4 Å². The van der Waals surface area contributed by atoms with E-state index >= 15 is 0 Å². The molecule has 0 amide bonds. The standard InChI is InChI=1S/C11H9NO3S/c13-8-3-5-12(6-4-8)7-9-1-2-10(16-9)11(14)15/h1-6H,7H2,(H,14,15). The molecule has 0 aromatic carbocycles. The van der Waals surface area contributed by atoms with E-state index in [0.29, 0.717) is 11.4 Å². The molecule has 0 bridgehead atoms. The second-order valence-electron chi connectivity index (χ2n) is 3.28. The topological polar surface area (TPSA) is 59.3 Å². The Hall–Kier alpha value is -1.88. The number of carboxylic acids is 1. The fraction of sp³-hybridized carbons (Fsp3) is 0.0909. The van der Waals surface area contributed by atoms with Crippen LogP contribution in [0.3, 0.4) is 0 Å². The lowest BCUT2D eigenvalue weighted by atomic mass is 10.4. The normalized spacial score (nSPS) is 10.2. The van der Waals surface area contributed by atoms with Crippen molar-refractivity contribution in [3.63, 3.8) is 0 Å². The lowest BCUT2D eigenvalue weighted by Crippen LogP contribution is -2.03. The van der Waals surface area contributed by atoms with E-state index in [-0.39, 0.29) is 5.43 Å². The SMILES string of the molecule is O=C(O)c1ccc(Cn2ccc(=O)cc2)s1. The summed E-state index contributed by atoms with van der Waals surface area (Å²) < 4.78 is 1.83. The summed E-state index contributed by atoms with van der Waals surface area (Å²) >= 11 is 1.24. The molecule has 1 N–H and O–H groups in total. The Bertz CT molecular complexity index is 550. The van der Waals surface area contributed by atoms with Crippen molar-refractivity contribution in [3.05, 3.63) is 56.6 Å². The summed E-state index contributed by atoms with van der Waals surface area (Å²) in [7, 11) is 0. The highest BCUT2D eigenvalue weighted by Gasteiger charge is 2.06. The van der Waals surface area contributed by atoms with E-state index < -0.39 is 5.97 Å². The highest BCUT2D eigenvalue weighted by Crippen LogP contribution is 2.17. The zero-order chi connectivity index (χ0) is 11.5. The number of aromatic nitrogens is 1. The molecule has 0 aliphatic heterocycles. The molecule has 0 unspecified atom stereocenters. The molecule has 5 heteroatoms. The molecular weight excluding hydrogens is 226 g/mol. The highest BCUT2D eigenvalue weighted by molar-refractivity contribution is 7.13. The maximum atomic E-state index is 10.9. The zero-order valence-electron chi connectivity index (χ0n) is 8.29. The minimum Gasteiger partial charge on any atom is -0.477 e. The van der Waals surface area contributed by atoms with E-state index in [9.17, 15) is 9.59 Å². The molecular formula is C11H9NO3S. The number of thiophene rings is 1. The molecule has 2 aromatic heterocycles. The quantitative estimate of drug-likeness (QED) is 0.880. The fourth-order valence-corrected chi connectivity index (χ4v) is 2.16. The first-order valence-corrected chi connectivity index (χ1v) is 5.45. The second kappa shape index (κ2) is 4.32. The molecule has 82 valence electrons. The van der Waals surface area contributed by atoms with Crippen LogP contribution in [0.2, 0.25) is 0 Å². The summed E-state index contributed by atoms with van der Waals surface area (Å²) in [6.45, 7) is 0.582. The summed E-state index contributed by atoms with van der Waals surface area (Å²) in [6.07, 6.45) is 3.37. The lowest BCUT2D eigenvalue weighted by molar-refractivity contribution is 0.0702. The zero-order valence-corrected chi connectivity index (χ0v) is 9.11. The van der Waals surface area contributed by atoms with E-state index in [1.807, 2.05) is 4.57 Å². The van der Waals surface area contributed by atoms with Gasteiger partial charge in [-0.2, -0.15) is 0 Å². The van der Waals surface area contributed by atoms with Crippen LogP contribution in [0.1, 0.15) is 14.5 Å². The van der Waals surface area contributed by atoms with Crippen LogP contribution in [-0.4, -0.2) is 15.6 Å². The Labute approximate surface area is 95.4 Å². The van der Waals surface area contributed by atoms with Gasteiger partial charge in [0.1, 0.15) is 4.88 Å². The second-order valence-corrected chi connectivity index (χ2v) is 4.45. The molecule has 2 heterocycles. The predicted molar refractivity (Wildman–Crippen MR) is 61.1 cm³/mol. The van der Waals surface area contributed by atoms with E-state index in [0.717, 1.165) is 4.88 Å². The first kappa shape index (κ1) is 10.6. The van der Waals surface area contributed by atoms with Crippen molar-refractivity contribution >= 4 is 17.3 Å². The van der Waals surface area contributed by atoms with Crippen LogP contribution in [-0.2, 0) is 6.54 Å².